The minimum Gasteiger partial charge on any atom is -0.382 e. The van der Waals surface area contributed by atoms with Crippen molar-refractivity contribution in [3.05, 3.63) is 65.2 Å². The molecule has 1 amide bonds. The summed E-state index contributed by atoms with van der Waals surface area (Å²) in [5.74, 6) is -0.169. The third-order valence-corrected chi connectivity index (χ3v) is 3.84. The number of anilines is 1. The molecule has 0 spiro atoms. The van der Waals surface area contributed by atoms with Crippen LogP contribution >= 0.6 is 0 Å². The Balaban J connectivity index is 1.64. The van der Waals surface area contributed by atoms with Gasteiger partial charge in [-0.2, -0.15) is 0 Å². The number of hydrogen-bond acceptors (Lipinski definition) is 3. The minimum absolute atomic E-state index is 0.169. The number of amides is 1. The summed E-state index contributed by atoms with van der Waals surface area (Å²) in [6.45, 7) is 4.06. The molecule has 3 rings (SSSR count). The van der Waals surface area contributed by atoms with Crippen LogP contribution in [0.2, 0.25) is 0 Å². The zero-order valence-corrected chi connectivity index (χ0v) is 12.7. The average Bonchev–Trinajstić information content (AvgIpc) is 3.02. The third kappa shape index (κ3) is 3.01. The van der Waals surface area contributed by atoms with Crippen LogP contribution in [0.5, 0.6) is 0 Å². The molecule has 1 unspecified atom stereocenters. The zero-order valence-electron chi connectivity index (χ0n) is 12.7. The highest BCUT2D eigenvalue weighted by Gasteiger charge is 2.28. The van der Waals surface area contributed by atoms with Crippen molar-refractivity contribution < 1.29 is 9.63 Å². The minimum atomic E-state index is -0.572. The Bertz CT molecular complexity index is 723. The molecule has 22 heavy (non-hydrogen) atoms. The number of carbonyl (C=O) groups excluding carboxylic acids is 1. The number of aryl methyl sites for hydroxylation is 2. The van der Waals surface area contributed by atoms with Gasteiger partial charge >= 0.3 is 0 Å². The van der Waals surface area contributed by atoms with E-state index in [1.165, 1.54) is 5.56 Å². The molecule has 0 bridgehead atoms. The fourth-order valence-electron chi connectivity index (χ4n) is 2.36. The van der Waals surface area contributed by atoms with Gasteiger partial charge in [-0.1, -0.05) is 41.6 Å². The van der Waals surface area contributed by atoms with E-state index in [0.29, 0.717) is 6.42 Å². The molecule has 0 fully saturated rings. The highest BCUT2D eigenvalue weighted by Crippen LogP contribution is 2.19. The summed E-state index contributed by atoms with van der Waals surface area (Å²) in [4.78, 5) is 17.6. The van der Waals surface area contributed by atoms with Crippen LogP contribution in [0.3, 0.4) is 0 Å². The van der Waals surface area contributed by atoms with Gasteiger partial charge in [-0.25, -0.2) is 0 Å². The molecule has 2 aromatic carbocycles. The first-order valence-corrected chi connectivity index (χ1v) is 7.30. The van der Waals surface area contributed by atoms with E-state index in [0.717, 1.165) is 22.5 Å². The SMILES string of the molecule is Cc1ccc(NC(=O)C2CC(c3ccccc3)=NO2)cc1C. The van der Waals surface area contributed by atoms with Crippen LogP contribution in [0.15, 0.2) is 53.7 Å². The number of nitrogens with zero attached hydrogens (tertiary/aromatic N) is 1. The summed E-state index contributed by atoms with van der Waals surface area (Å²) in [6.07, 6.45) is -0.0856. The molecule has 4 nitrogen and oxygen atoms in total. The number of nitrogens with one attached hydrogen (secondary N) is 1. The lowest BCUT2D eigenvalue weighted by molar-refractivity contribution is -0.125. The highest BCUT2D eigenvalue weighted by molar-refractivity contribution is 6.06. The number of rotatable bonds is 3. The first-order chi connectivity index (χ1) is 10.6. The number of hydrogen-bond donors (Lipinski definition) is 1. The van der Waals surface area contributed by atoms with Gasteiger partial charge in [0.2, 0.25) is 6.10 Å². The lowest BCUT2D eigenvalue weighted by Gasteiger charge is -2.10. The predicted molar refractivity (Wildman–Crippen MR) is 87.0 cm³/mol. The van der Waals surface area contributed by atoms with E-state index in [1.807, 2.05) is 62.4 Å². The van der Waals surface area contributed by atoms with Gasteiger partial charge in [-0.15, -0.1) is 0 Å². The summed E-state index contributed by atoms with van der Waals surface area (Å²) < 4.78 is 0. The number of carbonyl (C=O) groups is 1. The van der Waals surface area contributed by atoms with Crippen LogP contribution in [0, 0.1) is 13.8 Å². The normalized spacial score (nSPS) is 16.8. The lowest BCUT2D eigenvalue weighted by atomic mass is 10.0. The molecule has 0 radical (unpaired) electrons. The van der Waals surface area contributed by atoms with E-state index in [9.17, 15) is 4.79 Å². The largest absolute Gasteiger partial charge is 0.382 e. The molecule has 0 aliphatic carbocycles. The van der Waals surface area contributed by atoms with Gasteiger partial charge in [0, 0.05) is 12.1 Å². The van der Waals surface area contributed by atoms with Crippen LogP contribution in [-0.2, 0) is 9.63 Å². The Morgan fingerprint density at radius 3 is 2.64 bits per heavy atom. The second-order valence-electron chi connectivity index (χ2n) is 5.49. The molecule has 1 aliphatic rings. The van der Waals surface area contributed by atoms with Gasteiger partial charge in [-0.3, -0.25) is 4.79 Å². The summed E-state index contributed by atoms with van der Waals surface area (Å²) in [5.41, 5.74) is 4.92. The van der Waals surface area contributed by atoms with Crippen molar-refractivity contribution in [3.8, 4) is 0 Å². The number of oxime groups is 1. The van der Waals surface area contributed by atoms with Gasteiger partial charge in [-0.05, 0) is 42.7 Å². The molecule has 0 saturated heterocycles. The van der Waals surface area contributed by atoms with Gasteiger partial charge in [0.25, 0.3) is 5.91 Å². The maximum atomic E-state index is 12.3. The topological polar surface area (TPSA) is 50.7 Å². The Morgan fingerprint density at radius 2 is 1.91 bits per heavy atom. The smallest absolute Gasteiger partial charge is 0.268 e. The van der Waals surface area contributed by atoms with Crippen molar-refractivity contribution in [2.24, 2.45) is 5.16 Å². The fraction of sp³-hybridized carbons (Fsp3) is 0.222. The van der Waals surface area contributed by atoms with Crippen molar-refractivity contribution in [3.63, 3.8) is 0 Å². The summed E-state index contributed by atoms with van der Waals surface area (Å²) in [6, 6.07) is 15.6. The highest BCUT2D eigenvalue weighted by atomic mass is 16.6. The predicted octanol–water partition coefficient (Wildman–Crippen LogP) is 3.44. The Labute approximate surface area is 129 Å². The molecule has 112 valence electrons. The molecule has 0 aromatic heterocycles. The maximum Gasteiger partial charge on any atom is 0.268 e. The summed E-state index contributed by atoms with van der Waals surface area (Å²) in [5, 5.41) is 6.92. The van der Waals surface area contributed by atoms with Gasteiger partial charge in [0.15, 0.2) is 0 Å². The first kappa shape index (κ1) is 14.3. The summed E-state index contributed by atoms with van der Waals surface area (Å²) in [7, 11) is 0. The molecule has 1 atom stereocenters. The fourth-order valence-corrected chi connectivity index (χ4v) is 2.36. The molecule has 1 heterocycles. The van der Waals surface area contributed by atoms with Crippen molar-refractivity contribution in [2.45, 2.75) is 26.4 Å². The van der Waals surface area contributed by atoms with E-state index < -0.39 is 6.10 Å². The van der Waals surface area contributed by atoms with Crippen LogP contribution in [-0.4, -0.2) is 17.7 Å². The van der Waals surface area contributed by atoms with Crippen molar-refractivity contribution in [1.29, 1.82) is 0 Å². The molecule has 4 heteroatoms. The molecule has 1 aliphatic heterocycles. The van der Waals surface area contributed by atoms with Crippen molar-refractivity contribution >= 4 is 17.3 Å². The van der Waals surface area contributed by atoms with E-state index in [2.05, 4.69) is 10.5 Å². The van der Waals surface area contributed by atoms with Crippen LogP contribution in [0.4, 0.5) is 5.69 Å². The molecular formula is C18H18N2O2. The van der Waals surface area contributed by atoms with Crippen molar-refractivity contribution in [2.75, 3.05) is 5.32 Å². The summed E-state index contributed by atoms with van der Waals surface area (Å²) >= 11 is 0. The van der Waals surface area contributed by atoms with Crippen LogP contribution in [0.1, 0.15) is 23.1 Å². The van der Waals surface area contributed by atoms with Crippen LogP contribution in [0.25, 0.3) is 0 Å². The monoisotopic (exact) mass is 294 g/mol. The Morgan fingerprint density at radius 1 is 1.14 bits per heavy atom. The second kappa shape index (κ2) is 6.02. The van der Waals surface area contributed by atoms with E-state index in [1.54, 1.807) is 0 Å². The number of benzene rings is 2. The van der Waals surface area contributed by atoms with E-state index in [4.69, 9.17) is 4.84 Å². The standard InChI is InChI=1S/C18H18N2O2/c1-12-8-9-15(10-13(12)2)19-18(21)17-11-16(20-22-17)14-6-4-3-5-7-14/h3-10,17H,11H2,1-2H3,(H,19,21). The molecule has 1 N–H and O–H groups in total. The van der Waals surface area contributed by atoms with Gasteiger partial charge in [0.1, 0.15) is 0 Å². The molecular weight excluding hydrogens is 276 g/mol. The average molecular weight is 294 g/mol. The van der Waals surface area contributed by atoms with Gasteiger partial charge < -0.3 is 10.2 Å². The van der Waals surface area contributed by atoms with Crippen molar-refractivity contribution in [1.82, 2.24) is 0 Å². The molecule has 2 aromatic rings. The first-order valence-electron chi connectivity index (χ1n) is 7.30. The Kier molecular flexibility index (Phi) is 3.92. The van der Waals surface area contributed by atoms with E-state index in [-0.39, 0.29) is 5.91 Å². The second-order valence-corrected chi connectivity index (χ2v) is 5.49. The Hall–Kier alpha value is -2.62. The molecule has 0 saturated carbocycles. The quantitative estimate of drug-likeness (QED) is 0.942. The van der Waals surface area contributed by atoms with Gasteiger partial charge in [0.05, 0.1) is 5.71 Å². The maximum absolute atomic E-state index is 12.3. The third-order valence-electron chi connectivity index (χ3n) is 3.84. The van der Waals surface area contributed by atoms with Crippen LogP contribution < -0.4 is 5.32 Å². The lowest BCUT2D eigenvalue weighted by Crippen LogP contribution is -2.28. The zero-order chi connectivity index (χ0) is 15.5. The van der Waals surface area contributed by atoms with E-state index >= 15 is 0 Å².